The standard InChI is InChI=1S/C28H36N2O6/c1-27(2,3)36-25(33)29-28(4,5)18-30(16-10-15-24(31)32)26(34)35-17-23-21-13-8-6-11-19(21)20-12-7-9-14-22(20)23/h6-9,11-14,23H,10,15-18H2,1-5H3,(H,29,33)(H,31,32). The molecule has 0 aromatic heterocycles. The van der Waals surface area contributed by atoms with Crippen LogP contribution in [0.2, 0.25) is 0 Å². The van der Waals surface area contributed by atoms with E-state index in [1.165, 1.54) is 4.90 Å². The summed E-state index contributed by atoms with van der Waals surface area (Å²) in [5.74, 6) is -1.02. The van der Waals surface area contributed by atoms with Crippen LogP contribution < -0.4 is 5.32 Å². The summed E-state index contributed by atoms with van der Waals surface area (Å²) in [7, 11) is 0. The minimum absolute atomic E-state index is 0.0763. The van der Waals surface area contributed by atoms with Crippen LogP contribution in [0.4, 0.5) is 9.59 Å². The van der Waals surface area contributed by atoms with E-state index < -0.39 is 29.3 Å². The Morgan fingerprint density at radius 1 is 0.944 bits per heavy atom. The average Bonchev–Trinajstić information content (AvgIpc) is 3.08. The zero-order chi connectivity index (χ0) is 26.5. The predicted octanol–water partition coefficient (Wildman–Crippen LogP) is 5.41. The Balaban J connectivity index is 1.71. The molecular formula is C28H36N2O6. The van der Waals surface area contributed by atoms with E-state index in [1.54, 1.807) is 34.6 Å². The maximum Gasteiger partial charge on any atom is 0.409 e. The molecule has 0 radical (unpaired) electrons. The third-order valence-electron chi connectivity index (χ3n) is 5.84. The Labute approximate surface area is 212 Å². The fraction of sp³-hybridized carbons (Fsp3) is 0.464. The second kappa shape index (κ2) is 11.0. The third-order valence-corrected chi connectivity index (χ3v) is 5.84. The number of carboxylic acid groups (broad SMARTS) is 1. The van der Waals surface area contributed by atoms with Crippen molar-refractivity contribution < 1.29 is 29.0 Å². The van der Waals surface area contributed by atoms with Crippen molar-refractivity contribution in [1.82, 2.24) is 10.2 Å². The number of nitrogens with zero attached hydrogens (tertiary/aromatic N) is 1. The van der Waals surface area contributed by atoms with Crippen molar-refractivity contribution in [2.45, 2.75) is 64.5 Å². The molecule has 2 aromatic rings. The lowest BCUT2D eigenvalue weighted by atomic mass is 9.98. The number of carboxylic acids is 1. The summed E-state index contributed by atoms with van der Waals surface area (Å²) in [5.41, 5.74) is 2.99. The molecule has 2 aromatic carbocycles. The molecule has 0 bridgehead atoms. The van der Waals surface area contributed by atoms with Crippen LogP contribution in [-0.4, -0.2) is 59.0 Å². The van der Waals surface area contributed by atoms with Crippen LogP contribution in [0, 0.1) is 0 Å². The van der Waals surface area contributed by atoms with Crippen molar-refractivity contribution in [2.75, 3.05) is 19.7 Å². The quantitative estimate of drug-likeness (QED) is 0.481. The van der Waals surface area contributed by atoms with Crippen LogP contribution in [0.1, 0.15) is 64.5 Å². The summed E-state index contributed by atoms with van der Waals surface area (Å²) in [6.45, 7) is 9.33. The number of carbonyl (C=O) groups excluding carboxylic acids is 2. The highest BCUT2D eigenvalue weighted by Gasteiger charge is 2.32. The van der Waals surface area contributed by atoms with Crippen LogP contribution in [0.15, 0.2) is 48.5 Å². The molecule has 3 rings (SSSR count). The van der Waals surface area contributed by atoms with Crippen molar-refractivity contribution in [3.05, 3.63) is 59.7 Å². The summed E-state index contributed by atoms with van der Waals surface area (Å²) in [4.78, 5) is 38.0. The van der Waals surface area contributed by atoms with Gasteiger partial charge in [0.2, 0.25) is 0 Å². The highest BCUT2D eigenvalue weighted by atomic mass is 16.6. The van der Waals surface area contributed by atoms with E-state index in [0.717, 1.165) is 22.3 Å². The second-order valence-corrected chi connectivity index (χ2v) is 10.7. The van der Waals surface area contributed by atoms with E-state index in [4.69, 9.17) is 14.6 Å². The topological polar surface area (TPSA) is 105 Å². The smallest absolute Gasteiger partial charge is 0.409 e. The molecule has 194 valence electrons. The van der Waals surface area contributed by atoms with Crippen molar-refractivity contribution in [1.29, 1.82) is 0 Å². The largest absolute Gasteiger partial charge is 0.481 e. The van der Waals surface area contributed by atoms with E-state index in [2.05, 4.69) is 17.4 Å². The van der Waals surface area contributed by atoms with Crippen LogP contribution in [0.3, 0.4) is 0 Å². The lowest BCUT2D eigenvalue weighted by Crippen LogP contribution is -2.54. The van der Waals surface area contributed by atoms with Gasteiger partial charge in [-0.1, -0.05) is 48.5 Å². The van der Waals surface area contributed by atoms with Gasteiger partial charge >= 0.3 is 18.2 Å². The summed E-state index contributed by atoms with van der Waals surface area (Å²) in [6, 6.07) is 16.2. The Kier molecular flexibility index (Phi) is 8.28. The molecule has 0 unspecified atom stereocenters. The van der Waals surface area contributed by atoms with Crippen LogP contribution in [-0.2, 0) is 14.3 Å². The molecule has 0 atom stereocenters. The predicted molar refractivity (Wildman–Crippen MR) is 137 cm³/mol. The first-order chi connectivity index (χ1) is 16.9. The van der Waals surface area contributed by atoms with Gasteiger partial charge in [0, 0.05) is 25.4 Å². The molecule has 0 saturated heterocycles. The van der Waals surface area contributed by atoms with E-state index in [9.17, 15) is 14.4 Å². The number of rotatable bonds is 9. The molecule has 0 heterocycles. The first kappa shape index (κ1) is 27.0. The van der Waals surface area contributed by atoms with Crippen molar-refractivity contribution >= 4 is 18.2 Å². The molecule has 0 saturated carbocycles. The van der Waals surface area contributed by atoms with Gasteiger partial charge in [-0.3, -0.25) is 4.79 Å². The zero-order valence-electron chi connectivity index (χ0n) is 21.7. The number of fused-ring (bicyclic) bond motifs is 3. The minimum Gasteiger partial charge on any atom is -0.481 e. The van der Waals surface area contributed by atoms with Gasteiger partial charge in [-0.15, -0.1) is 0 Å². The summed E-state index contributed by atoms with van der Waals surface area (Å²) < 4.78 is 11.1. The molecule has 1 aliphatic carbocycles. The first-order valence-electron chi connectivity index (χ1n) is 12.2. The fourth-order valence-corrected chi connectivity index (χ4v) is 4.44. The molecule has 36 heavy (non-hydrogen) atoms. The van der Waals surface area contributed by atoms with Crippen molar-refractivity contribution in [3.63, 3.8) is 0 Å². The summed E-state index contributed by atoms with van der Waals surface area (Å²) >= 11 is 0. The average molecular weight is 497 g/mol. The van der Waals surface area contributed by atoms with Gasteiger partial charge in [0.05, 0.1) is 5.54 Å². The molecule has 2 amide bonds. The lowest BCUT2D eigenvalue weighted by Gasteiger charge is -2.34. The molecule has 8 nitrogen and oxygen atoms in total. The number of alkyl carbamates (subject to hydrolysis) is 1. The molecule has 2 N–H and O–H groups in total. The number of hydrogen-bond donors (Lipinski definition) is 2. The number of benzene rings is 2. The number of ether oxygens (including phenoxy) is 2. The Morgan fingerprint density at radius 3 is 2.03 bits per heavy atom. The first-order valence-corrected chi connectivity index (χ1v) is 12.2. The maximum atomic E-state index is 13.2. The molecular weight excluding hydrogens is 460 g/mol. The molecule has 0 spiro atoms. The van der Waals surface area contributed by atoms with Gasteiger partial charge < -0.3 is 24.8 Å². The van der Waals surface area contributed by atoms with Crippen molar-refractivity contribution in [2.24, 2.45) is 0 Å². The third kappa shape index (κ3) is 7.23. The van der Waals surface area contributed by atoms with E-state index in [-0.39, 0.29) is 38.5 Å². The van der Waals surface area contributed by atoms with E-state index >= 15 is 0 Å². The number of amides is 2. The fourth-order valence-electron chi connectivity index (χ4n) is 4.44. The van der Waals surface area contributed by atoms with Crippen molar-refractivity contribution in [3.8, 4) is 11.1 Å². The van der Waals surface area contributed by atoms with Gasteiger partial charge in [-0.25, -0.2) is 9.59 Å². The molecule has 1 aliphatic rings. The lowest BCUT2D eigenvalue weighted by molar-refractivity contribution is -0.137. The Morgan fingerprint density at radius 2 is 1.50 bits per heavy atom. The summed E-state index contributed by atoms with van der Waals surface area (Å²) in [5, 5.41) is 11.8. The monoisotopic (exact) mass is 496 g/mol. The molecule has 0 aliphatic heterocycles. The van der Waals surface area contributed by atoms with Gasteiger partial charge in [-0.05, 0) is 63.3 Å². The highest BCUT2D eigenvalue weighted by molar-refractivity contribution is 5.79. The minimum atomic E-state index is -0.936. The van der Waals surface area contributed by atoms with Gasteiger partial charge in [0.1, 0.15) is 12.2 Å². The highest BCUT2D eigenvalue weighted by Crippen LogP contribution is 2.44. The Bertz CT molecular complexity index is 1060. The van der Waals surface area contributed by atoms with Gasteiger partial charge in [0.25, 0.3) is 0 Å². The van der Waals surface area contributed by atoms with Crippen LogP contribution in [0.25, 0.3) is 11.1 Å². The number of aliphatic carboxylic acids is 1. The van der Waals surface area contributed by atoms with Crippen LogP contribution >= 0.6 is 0 Å². The molecule has 0 fully saturated rings. The van der Waals surface area contributed by atoms with E-state index in [1.807, 2.05) is 36.4 Å². The second-order valence-electron chi connectivity index (χ2n) is 10.7. The van der Waals surface area contributed by atoms with E-state index in [0.29, 0.717) is 0 Å². The molecule has 8 heteroatoms. The number of nitrogens with one attached hydrogen (secondary N) is 1. The number of hydrogen-bond acceptors (Lipinski definition) is 5. The SMILES string of the molecule is CC(C)(CN(CCCC(=O)O)C(=O)OCC1c2ccccc2-c2ccccc21)NC(=O)OC(C)(C)C. The van der Waals surface area contributed by atoms with Crippen LogP contribution in [0.5, 0.6) is 0 Å². The Hall–Kier alpha value is -3.55. The summed E-state index contributed by atoms with van der Waals surface area (Å²) in [6.07, 6.45) is -0.957. The number of carbonyl (C=O) groups is 3. The van der Waals surface area contributed by atoms with Gasteiger partial charge in [0.15, 0.2) is 0 Å². The zero-order valence-corrected chi connectivity index (χ0v) is 21.7. The van der Waals surface area contributed by atoms with Gasteiger partial charge in [-0.2, -0.15) is 0 Å². The normalized spacial score (nSPS) is 12.9. The maximum absolute atomic E-state index is 13.2.